The number of carbonyl (C=O) groups is 1. The minimum atomic E-state index is -1.12. The summed E-state index contributed by atoms with van der Waals surface area (Å²) < 4.78 is 13.6. The summed E-state index contributed by atoms with van der Waals surface area (Å²) >= 11 is 0. The van der Waals surface area contributed by atoms with E-state index in [2.05, 4.69) is 5.43 Å². The largest absolute Gasteiger partial charge is 0.478 e. The summed E-state index contributed by atoms with van der Waals surface area (Å²) in [7, 11) is 0. The van der Waals surface area contributed by atoms with E-state index in [1.54, 1.807) is 0 Å². The molecule has 1 fully saturated rings. The first kappa shape index (κ1) is 11.9. The summed E-state index contributed by atoms with van der Waals surface area (Å²) in [5.41, 5.74) is 3.28. The first-order chi connectivity index (χ1) is 8.16. The molecule has 17 heavy (non-hydrogen) atoms. The zero-order chi connectivity index (χ0) is 12.3. The first-order valence-corrected chi connectivity index (χ1v) is 5.71. The Morgan fingerprint density at radius 3 is 2.59 bits per heavy atom. The predicted octanol–water partition coefficient (Wildman–Crippen LogP) is 2.34. The van der Waals surface area contributed by atoms with Gasteiger partial charge in [0, 0.05) is 13.1 Å². The van der Waals surface area contributed by atoms with E-state index in [0.29, 0.717) is 5.69 Å². The van der Waals surface area contributed by atoms with Crippen molar-refractivity contribution < 1.29 is 14.3 Å². The van der Waals surface area contributed by atoms with E-state index in [9.17, 15) is 9.18 Å². The third-order valence-electron chi connectivity index (χ3n) is 2.85. The fraction of sp³-hybridized carbons (Fsp3) is 0.417. The van der Waals surface area contributed by atoms with Gasteiger partial charge >= 0.3 is 5.97 Å². The summed E-state index contributed by atoms with van der Waals surface area (Å²) in [6.07, 6.45) is 3.41. The van der Waals surface area contributed by atoms with E-state index in [1.165, 1.54) is 18.6 Å². The second kappa shape index (κ2) is 5.14. The molecule has 0 saturated carbocycles. The molecular formula is C12H15FN2O2. The summed E-state index contributed by atoms with van der Waals surface area (Å²) in [6.45, 7) is 1.78. The van der Waals surface area contributed by atoms with Crippen LogP contribution < -0.4 is 5.43 Å². The van der Waals surface area contributed by atoms with Gasteiger partial charge in [-0.05, 0) is 31.0 Å². The lowest BCUT2D eigenvalue weighted by Gasteiger charge is -2.28. The van der Waals surface area contributed by atoms with Gasteiger partial charge in [0.25, 0.3) is 0 Å². The van der Waals surface area contributed by atoms with Gasteiger partial charge in [0.15, 0.2) is 0 Å². The third-order valence-corrected chi connectivity index (χ3v) is 2.85. The Bertz CT molecular complexity index is 417. The Labute approximate surface area is 99.0 Å². The topological polar surface area (TPSA) is 52.6 Å². The maximum absolute atomic E-state index is 13.6. The molecule has 2 N–H and O–H groups in total. The van der Waals surface area contributed by atoms with Crippen LogP contribution in [-0.4, -0.2) is 29.2 Å². The maximum Gasteiger partial charge on any atom is 0.335 e. The number of rotatable bonds is 3. The number of hydrogen-bond acceptors (Lipinski definition) is 3. The maximum atomic E-state index is 13.6. The van der Waals surface area contributed by atoms with Crippen LogP contribution >= 0.6 is 0 Å². The highest BCUT2D eigenvalue weighted by Gasteiger charge is 2.13. The number of piperidine rings is 1. The van der Waals surface area contributed by atoms with Crippen molar-refractivity contribution in [3.8, 4) is 0 Å². The normalized spacial score (nSPS) is 16.8. The number of nitrogens with one attached hydrogen (secondary N) is 1. The molecule has 0 radical (unpaired) electrons. The SMILES string of the molecule is O=C(O)c1ccc(NN2CCCCC2)c(F)c1. The van der Waals surface area contributed by atoms with Crippen LogP contribution in [0.25, 0.3) is 0 Å². The average molecular weight is 238 g/mol. The molecule has 0 aliphatic carbocycles. The van der Waals surface area contributed by atoms with Gasteiger partial charge in [-0.15, -0.1) is 0 Å². The predicted molar refractivity (Wildman–Crippen MR) is 62.4 cm³/mol. The number of aromatic carboxylic acids is 1. The molecule has 0 unspecified atom stereocenters. The smallest absolute Gasteiger partial charge is 0.335 e. The standard InChI is InChI=1S/C12H15FN2O2/c13-10-8-9(12(16)17)4-5-11(10)14-15-6-2-1-3-7-15/h4-5,8,14H,1-3,6-7H2,(H,16,17). The molecule has 0 bridgehead atoms. The molecule has 0 spiro atoms. The Balaban J connectivity index is 2.08. The van der Waals surface area contributed by atoms with Crippen LogP contribution in [0.1, 0.15) is 29.6 Å². The minimum Gasteiger partial charge on any atom is -0.478 e. The Morgan fingerprint density at radius 2 is 2.00 bits per heavy atom. The van der Waals surface area contributed by atoms with E-state index in [4.69, 9.17) is 5.11 Å². The average Bonchev–Trinajstić information content (AvgIpc) is 2.33. The van der Waals surface area contributed by atoms with Crippen molar-refractivity contribution in [2.24, 2.45) is 0 Å². The summed E-state index contributed by atoms with van der Waals surface area (Å²) in [6, 6.07) is 3.90. The van der Waals surface area contributed by atoms with Crippen molar-refractivity contribution in [1.82, 2.24) is 5.01 Å². The summed E-state index contributed by atoms with van der Waals surface area (Å²) in [4.78, 5) is 10.7. The molecule has 1 heterocycles. The zero-order valence-electron chi connectivity index (χ0n) is 9.45. The number of hydrogen-bond donors (Lipinski definition) is 2. The van der Waals surface area contributed by atoms with E-state index < -0.39 is 11.8 Å². The highest BCUT2D eigenvalue weighted by molar-refractivity contribution is 5.88. The van der Waals surface area contributed by atoms with E-state index in [-0.39, 0.29) is 5.56 Å². The lowest BCUT2D eigenvalue weighted by molar-refractivity contribution is 0.0696. The van der Waals surface area contributed by atoms with Crippen LogP contribution in [0.2, 0.25) is 0 Å². The van der Waals surface area contributed by atoms with Crippen LogP contribution in [0, 0.1) is 5.82 Å². The Morgan fingerprint density at radius 1 is 1.29 bits per heavy atom. The monoisotopic (exact) mass is 238 g/mol. The Kier molecular flexibility index (Phi) is 3.58. The van der Waals surface area contributed by atoms with Gasteiger partial charge in [0.1, 0.15) is 5.82 Å². The lowest BCUT2D eigenvalue weighted by Crippen LogP contribution is -2.35. The fourth-order valence-corrected chi connectivity index (χ4v) is 1.91. The molecule has 1 aliphatic rings. The van der Waals surface area contributed by atoms with Gasteiger partial charge in [-0.2, -0.15) is 0 Å². The number of nitrogens with zero attached hydrogens (tertiary/aromatic N) is 1. The van der Waals surface area contributed by atoms with Crippen LogP contribution in [-0.2, 0) is 0 Å². The van der Waals surface area contributed by atoms with Gasteiger partial charge in [-0.25, -0.2) is 14.2 Å². The Hall–Kier alpha value is -1.62. The number of carboxylic acid groups (broad SMARTS) is 1. The van der Waals surface area contributed by atoms with Crippen molar-refractivity contribution in [3.63, 3.8) is 0 Å². The fourth-order valence-electron chi connectivity index (χ4n) is 1.91. The zero-order valence-corrected chi connectivity index (χ0v) is 9.45. The molecule has 5 heteroatoms. The molecule has 1 saturated heterocycles. The second-order valence-corrected chi connectivity index (χ2v) is 4.16. The molecule has 2 rings (SSSR count). The number of anilines is 1. The highest BCUT2D eigenvalue weighted by Crippen LogP contribution is 2.18. The van der Waals surface area contributed by atoms with Crippen molar-refractivity contribution >= 4 is 11.7 Å². The van der Waals surface area contributed by atoms with Gasteiger partial charge in [0.2, 0.25) is 0 Å². The number of halogens is 1. The number of hydrazine groups is 1. The molecule has 1 aliphatic heterocycles. The third kappa shape index (κ3) is 2.94. The summed E-state index contributed by atoms with van der Waals surface area (Å²) in [5.74, 6) is -1.65. The van der Waals surface area contributed by atoms with E-state index in [1.807, 2.05) is 5.01 Å². The van der Waals surface area contributed by atoms with Crippen molar-refractivity contribution in [3.05, 3.63) is 29.6 Å². The van der Waals surface area contributed by atoms with Crippen LogP contribution in [0.5, 0.6) is 0 Å². The van der Waals surface area contributed by atoms with Crippen molar-refractivity contribution in [1.29, 1.82) is 0 Å². The molecule has 0 atom stereocenters. The highest BCUT2D eigenvalue weighted by atomic mass is 19.1. The van der Waals surface area contributed by atoms with Gasteiger partial charge < -0.3 is 10.5 Å². The molecule has 0 aromatic heterocycles. The van der Waals surface area contributed by atoms with E-state index in [0.717, 1.165) is 32.0 Å². The minimum absolute atomic E-state index is 0.0355. The lowest BCUT2D eigenvalue weighted by atomic mass is 10.1. The van der Waals surface area contributed by atoms with Crippen molar-refractivity contribution in [2.75, 3.05) is 18.5 Å². The number of carboxylic acids is 1. The second-order valence-electron chi connectivity index (χ2n) is 4.16. The molecule has 0 amide bonds. The summed E-state index contributed by atoms with van der Waals surface area (Å²) in [5, 5.41) is 10.7. The molecular weight excluding hydrogens is 223 g/mol. The quantitative estimate of drug-likeness (QED) is 0.848. The van der Waals surface area contributed by atoms with E-state index >= 15 is 0 Å². The van der Waals surface area contributed by atoms with Crippen molar-refractivity contribution in [2.45, 2.75) is 19.3 Å². The first-order valence-electron chi connectivity index (χ1n) is 5.71. The van der Waals surface area contributed by atoms with Gasteiger partial charge in [-0.1, -0.05) is 6.42 Å². The molecule has 1 aromatic rings. The van der Waals surface area contributed by atoms with Crippen LogP contribution in [0.4, 0.5) is 10.1 Å². The molecule has 4 nitrogen and oxygen atoms in total. The number of benzene rings is 1. The van der Waals surface area contributed by atoms with Crippen LogP contribution in [0.15, 0.2) is 18.2 Å². The van der Waals surface area contributed by atoms with Gasteiger partial charge in [0.05, 0.1) is 11.3 Å². The molecule has 1 aromatic carbocycles. The molecule has 92 valence electrons. The van der Waals surface area contributed by atoms with Crippen LogP contribution in [0.3, 0.4) is 0 Å². The van der Waals surface area contributed by atoms with Gasteiger partial charge in [-0.3, -0.25) is 0 Å².